The lowest BCUT2D eigenvalue weighted by Crippen LogP contribution is -2.45. The van der Waals surface area contributed by atoms with Gasteiger partial charge in [-0.25, -0.2) is 0 Å². The summed E-state index contributed by atoms with van der Waals surface area (Å²) in [5, 5.41) is 6.16. The van der Waals surface area contributed by atoms with Crippen LogP contribution in [0.3, 0.4) is 0 Å². The van der Waals surface area contributed by atoms with Crippen molar-refractivity contribution in [2.75, 3.05) is 46.9 Å². The molecule has 2 unspecified atom stereocenters. The zero-order valence-corrected chi connectivity index (χ0v) is 17.8. The summed E-state index contributed by atoms with van der Waals surface area (Å²) in [5.41, 5.74) is 4.44. The Morgan fingerprint density at radius 1 is 1.23 bits per heavy atom. The van der Waals surface area contributed by atoms with Crippen molar-refractivity contribution in [3.8, 4) is 5.75 Å². The summed E-state index contributed by atoms with van der Waals surface area (Å²) in [6, 6.07) is 14.7. The molecule has 30 heavy (non-hydrogen) atoms. The molecule has 0 aromatic heterocycles. The smallest absolute Gasteiger partial charge is 0.251 e. The molecule has 0 saturated carbocycles. The summed E-state index contributed by atoms with van der Waals surface area (Å²) in [4.78, 5) is 14.6. The van der Waals surface area contributed by atoms with Crippen molar-refractivity contribution in [2.24, 2.45) is 0 Å². The molecule has 2 atom stereocenters. The number of methoxy groups -OCH3 is 1. The molecule has 160 valence electrons. The Balaban J connectivity index is 1.60. The first kappa shape index (κ1) is 20.8. The van der Waals surface area contributed by atoms with Crippen molar-refractivity contribution in [3.05, 3.63) is 64.7 Å². The molecule has 6 heteroatoms. The maximum absolute atomic E-state index is 12.0. The number of piperazine rings is 1. The fourth-order valence-corrected chi connectivity index (χ4v) is 4.54. The van der Waals surface area contributed by atoms with E-state index in [0.717, 1.165) is 44.8 Å². The summed E-state index contributed by atoms with van der Waals surface area (Å²) in [6.45, 7) is 4.73. The Morgan fingerprint density at radius 2 is 2.00 bits per heavy atom. The fraction of sp³-hybridized carbons (Fsp3) is 0.458. The molecule has 0 bridgehead atoms. The molecular weight excluding hydrogens is 378 g/mol. The number of rotatable bonds is 6. The Hall–Kier alpha value is -2.41. The van der Waals surface area contributed by atoms with Gasteiger partial charge in [-0.2, -0.15) is 0 Å². The highest BCUT2D eigenvalue weighted by Crippen LogP contribution is 2.38. The van der Waals surface area contributed by atoms with Gasteiger partial charge in [-0.3, -0.25) is 9.69 Å². The van der Waals surface area contributed by atoms with E-state index in [1.807, 2.05) is 24.3 Å². The van der Waals surface area contributed by atoms with E-state index < -0.39 is 0 Å². The van der Waals surface area contributed by atoms with Gasteiger partial charge in [-0.05, 0) is 53.8 Å². The standard InChI is InChI=1S/C24H31N3O3/c1-25-24(28)19-5-8-21-18(15-19)9-14-30-23(21)16-22(27-12-10-26-11-13-27)17-3-6-20(29-2)7-4-17/h3-8,15,22-23,26H,9-14,16H2,1-2H3,(H,25,28). The first-order valence-electron chi connectivity index (χ1n) is 10.7. The Morgan fingerprint density at radius 3 is 2.70 bits per heavy atom. The van der Waals surface area contributed by atoms with Crippen LogP contribution in [0.5, 0.6) is 5.75 Å². The van der Waals surface area contributed by atoms with Crippen molar-refractivity contribution in [3.63, 3.8) is 0 Å². The molecule has 2 aliphatic rings. The molecule has 4 rings (SSSR count). The normalized spacial score (nSPS) is 20.3. The number of amides is 1. The van der Waals surface area contributed by atoms with Gasteiger partial charge in [-0.1, -0.05) is 18.2 Å². The van der Waals surface area contributed by atoms with Crippen LogP contribution < -0.4 is 15.4 Å². The molecule has 1 saturated heterocycles. The number of carbonyl (C=O) groups is 1. The second kappa shape index (κ2) is 9.60. The molecule has 2 aliphatic heterocycles. The number of ether oxygens (including phenoxy) is 2. The van der Waals surface area contributed by atoms with Gasteiger partial charge in [0.05, 0.1) is 19.8 Å². The van der Waals surface area contributed by atoms with Gasteiger partial charge >= 0.3 is 0 Å². The first-order chi connectivity index (χ1) is 14.7. The SMILES string of the molecule is CNC(=O)c1ccc2c(c1)CCOC2CC(c1ccc(OC)cc1)N1CCNCC1. The molecule has 0 aliphatic carbocycles. The molecule has 0 radical (unpaired) electrons. The molecule has 2 aromatic carbocycles. The van der Waals surface area contributed by atoms with E-state index in [0.29, 0.717) is 12.2 Å². The highest BCUT2D eigenvalue weighted by Gasteiger charge is 2.29. The average molecular weight is 410 g/mol. The number of nitrogens with one attached hydrogen (secondary N) is 2. The third kappa shape index (κ3) is 4.51. The second-order valence-electron chi connectivity index (χ2n) is 7.91. The molecule has 0 spiro atoms. The van der Waals surface area contributed by atoms with Crippen molar-refractivity contribution >= 4 is 5.91 Å². The van der Waals surface area contributed by atoms with E-state index in [4.69, 9.17) is 9.47 Å². The zero-order chi connectivity index (χ0) is 20.9. The number of nitrogens with zero attached hydrogens (tertiary/aromatic N) is 1. The second-order valence-corrected chi connectivity index (χ2v) is 7.91. The summed E-state index contributed by atoms with van der Waals surface area (Å²) in [6.07, 6.45) is 1.75. The van der Waals surface area contributed by atoms with Crippen LogP contribution in [0, 0.1) is 0 Å². The lowest BCUT2D eigenvalue weighted by atomic mass is 9.89. The predicted octanol–water partition coefficient (Wildman–Crippen LogP) is 2.71. The van der Waals surface area contributed by atoms with Gasteiger partial charge in [0.1, 0.15) is 5.75 Å². The van der Waals surface area contributed by atoms with Crippen LogP contribution in [-0.2, 0) is 11.2 Å². The first-order valence-corrected chi connectivity index (χ1v) is 10.7. The van der Waals surface area contributed by atoms with Gasteiger partial charge in [0, 0.05) is 44.8 Å². The molecule has 2 N–H and O–H groups in total. The van der Waals surface area contributed by atoms with Crippen molar-refractivity contribution in [1.82, 2.24) is 15.5 Å². The number of hydrogen-bond donors (Lipinski definition) is 2. The molecule has 1 fully saturated rings. The topological polar surface area (TPSA) is 62.8 Å². The largest absolute Gasteiger partial charge is 0.497 e. The van der Waals surface area contributed by atoms with Crippen LogP contribution in [-0.4, -0.2) is 57.8 Å². The monoisotopic (exact) mass is 409 g/mol. The Kier molecular flexibility index (Phi) is 6.67. The Labute approximate surface area is 178 Å². The number of benzene rings is 2. The van der Waals surface area contributed by atoms with E-state index in [1.54, 1.807) is 14.2 Å². The van der Waals surface area contributed by atoms with Crippen LogP contribution in [0.4, 0.5) is 0 Å². The zero-order valence-electron chi connectivity index (χ0n) is 17.8. The van der Waals surface area contributed by atoms with Crippen LogP contribution in [0.2, 0.25) is 0 Å². The van der Waals surface area contributed by atoms with Gasteiger partial charge in [0.15, 0.2) is 0 Å². The fourth-order valence-electron chi connectivity index (χ4n) is 4.54. The van der Waals surface area contributed by atoms with Crippen LogP contribution >= 0.6 is 0 Å². The highest BCUT2D eigenvalue weighted by atomic mass is 16.5. The van der Waals surface area contributed by atoms with E-state index in [2.05, 4.69) is 33.7 Å². The molecule has 2 aromatic rings. The average Bonchev–Trinajstić information content (AvgIpc) is 2.82. The predicted molar refractivity (Wildman–Crippen MR) is 117 cm³/mol. The third-order valence-electron chi connectivity index (χ3n) is 6.20. The number of carbonyl (C=O) groups excluding carboxylic acids is 1. The van der Waals surface area contributed by atoms with Gasteiger partial charge in [-0.15, -0.1) is 0 Å². The summed E-state index contributed by atoms with van der Waals surface area (Å²) < 4.78 is 11.6. The maximum atomic E-state index is 12.0. The molecule has 6 nitrogen and oxygen atoms in total. The van der Waals surface area contributed by atoms with Gasteiger partial charge < -0.3 is 20.1 Å². The quantitative estimate of drug-likeness (QED) is 0.768. The molecule has 1 amide bonds. The lowest BCUT2D eigenvalue weighted by molar-refractivity contribution is 0.0119. The van der Waals surface area contributed by atoms with Crippen molar-refractivity contribution in [1.29, 1.82) is 0 Å². The van der Waals surface area contributed by atoms with E-state index in [-0.39, 0.29) is 18.1 Å². The summed E-state index contributed by atoms with van der Waals surface area (Å²) in [7, 11) is 3.36. The third-order valence-corrected chi connectivity index (χ3v) is 6.20. The number of fused-ring (bicyclic) bond motifs is 1. The van der Waals surface area contributed by atoms with Crippen LogP contribution in [0.1, 0.15) is 45.6 Å². The summed E-state index contributed by atoms with van der Waals surface area (Å²) in [5.74, 6) is 0.830. The van der Waals surface area contributed by atoms with Crippen molar-refractivity contribution in [2.45, 2.75) is 25.0 Å². The van der Waals surface area contributed by atoms with Gasteiger partial charge in [0.2, 0.25) is 0 Å². The minimum atomic E-state index is -0.0437. The van der Waals surface area contributed by atoms with E-state index in [1.165, 1.54) is 16.7 Å². The molecular formula is C24H31N3O3. The Bertz CT molecular complexity index is 862. The number of hydrogen-bond acceptors (Lipinski definition) is 5. The molecule has 2 heterocycles. The van der Waals surface area contributed by atoms with Crippen LogP contribution in [0.15, 0.2) is 42.5 Å². The van der Waals surface area contributed by atoms with Crippen LogP contribution in [0.25, 0.3) is 0 Å². The minimum Gasteiger partial charge on any atom is -0.497 e. The lowest BCUT2D eigenvalue weighted by Gasteiger charge is -2.38. The van der Waals surface area contributed by atoms with E-state index >= 15 is 0 Å². The minimum absolute atomic E-state index is 0.0227. The summed E-state index contributed by atoms with van der Waals surface area (Å²) >= 11 is 0. The van der Waals surface area contributed by atoms with Gasteiger partial charge in [0.25, 0.3) is 5.91 Å². The highest BCUT2D eigenvalue weighted by molar-refractivity contribution is 5.94. The maximum Gasteiger partial charge on any atom is 0.251 e. The van der Waals surface area contributed by atoms with Crippen molar-refractivity contribution < 1.29 is 14.3 Å². The van der Waals surface area contributed by atoms with E-state index in [9.17, 15) is 4.79 Å².